The molecule has 0 bridgehead atoms. The van der Waals surface area contributed by atoms with Crippen LogP contribution in [0, 0.1) is 5.41 Å². The second-order valence-corrected chi connectivity index (χ2v) is 10.2. The van der Waals surface area contributed by atoms with Crippen LogP contribution >= 0.6 is 11.6 Å². The largest absolute Gasteiger partial charge is 0.352 e. The summed E-state index contributed by atoms with van der Waals surface area (Å²) in [4.78, 5) is 55.8. The Balaban J connectivity index is 1.66. The molecule has 36 heavy (non-hydrogen) atoms. The molecule has 11 heteroatoms. The zero-order valence-corrected chi connectivity index (χ0v) is 21.8. The summed E-state index contributed by atoms with van der Waals surface area (Å²) in [6, 6.07) is 6.12. The summed E-state index contributed by atoms with van der Waals surface area (Å²) in [6.45, 7) is 8.77. The first-order chi connectivity index (χ1) is 17.0. The van der Waals surface area contributed by atoms with Crippen LogP contribution < -0.4 is 21.5 Å². The number of nitrogens with one attached hydrogen (secondary N) is 3. The van der Waals surface area contributed by atoms with Crippen LogP contribution in [0.5, 0.6) is 0 Å². The number of hydrogen-bond donors (Lipinski definition) is 3. The van der Waals surface area contributed by atoms with E-state index in [1.54, 1.807) is 43.9 Å². The van der Waals surface area contributed by atoms with Crippen molar-refractivity contribution in [3.8, 4) is 11.3 Å². The highest BCUT2D eigenvalue weighted by Crippen LogP contribution is 2.30. The van der Waals surface area contributed by atoms with Crippen molar-refractivity contribution < 1.29 is 14.4 Å². The number of amides is 4. The number of hydrogen-bond acceptors (Lipinski definition) is 5. The van der Waals surface area contributed by atoms with Crippen LogP contribution in [0.25, 0.3) is 11.3 Å². The number of piperidine rings is 1. The molecule has 3 N–H and O–H groups in total. The van der Waals surface area contributed by atoms with Gasteiger partial charge in [-0.2, -0.15) is 0 Å². The Hall–Kier alpha value is -3.40. The van der Waals surface area contributed by atoms with Crippen LogP contribution in [0.3, 0.4) is 0 Å². The number of urea groups is 1. The van der Waals surface area contributed by atoms with Crippen molar-refractivity contribution in [1.82, 2.24) is 25.1 Å². The quantitative estimate of drug-likeness (QED) is 0.544. The first kappa shape index (κ1) is 27.2. The molecule has 1 fully saturated rings. The molecule has 0 saturated carbocycles. The van der Waals surface area contributed by atoms with E-state index in [1.807, 2.05) is 6.92 Å². The first-order valence-electron chi connectivity index (χ1n) is 12.0. The van der Waals surface area contributed by atoms with E-state index in [9.17, 15) is 19.2 Å². The van der Waals surface area contributed by atoms with E-state index in [-0.39, 0.29) is 30.4 Å². The summed E-state index contributed by atoms with van der Waals surface area (Å²) in [5.41, 5.74) is 0.329. The van der Waals surface area contributed by atoms with Crippen molar-refractivity contribution in [2.75, 3.05) is 25.0 Å². The highest BCUT2D eigenvalue weighted by atomic mass is 35.5. The molecule has 1 aliphatic heterocycles. The number of halogens is 1. The number of aromatic nitrogens is 2. The number of carbonyl (C=O) groups is 3. The smallest absolute Gasteiger partial charge is 0.317 e. The maximum atomic E-state index is 12.8. The van der Waals surface area contributed by atoms with Gasteiger partial charge >= 0.3 is 6.03 Å². The topological polar surface area (TPSA) is 125 Å². The summed E-state index contributed by atoms with van der Waals surface area (Å²) in [7, 11) is 0. The lowest BCUT2D eigenvalue weighted by molar-refractivity contribution is -0.123. The van der Waals surface area contributed by atoms with Crippen molar-refractivity contribution in [2.45, 2.75) is 53.1 Å². The molecule has 0 aliphatic carbocycles. The SMILES string of the molecule is CCNC(=O)N1CCC(NC(=O)Cn2cnc(-c3ccc(Cl)cc3NC(=O)C(C)(C)C)cc2=O)CC1. The molecule has 1 saturated heterocycles. The third-order valence-electron chi connectivity index (χ3n) is 5.86. The molecule has 194 valence electrons. The third-order valence-corrected chi connectivity index (χ3v) is 6.09. The fraction of sp³-hybridized carbons (Fsp3) is 0.480. The number of rotatable bonds is 6. The van der Waals surface area contributed by atoms with Crippen LogP contribution in [0.15, 0.2) is 35.4 Å². The van der Waals surface area contributed by atoms with E-state index in [2.05, 4.69) is 20.9 Å². The predicted octanol–water partition coefficient (Wildman–Crippen LogP) is 2.86. The summed E-state index contributed by atoms with van der Waals surface area (Å²) in [6.07, 6.45) is 2.61. The van der Waals surface area contributed by atoms with Gasteiger partial charge in [-0.1, -0.05) is 32.4 Å². The van der Waals surface area contributed by atoms with Crippen LogP contribution in [0.1, 0.15) is 40.5 Å². The monoisotopic (exact) mass is 516 g/mol. The second kappa shape index (κ2) is 11.6. The molecule has 1 aliphatic rings. The Bertz CT molecular complexity index is 1180. The van der Waals surface area contributed by atoms with Gasteiger partial charge in [0, 0.05) is 47.7 Å². The number of carbonyl (C=O) groups excluding carboxylic acids is 3. The molecule has 0 unspecified atom stereocenters. The van der Waals surface area contributed by atoms with E-state index < -0.39 is 11.0 Å². The second-order valence-electron chi connectivity index (χ2n) is 9.80. The lowest BCUT2D eigenvalue weighted by Crippen LogP contribution is -2.50. The molecule has 2 heterocycles. The third kappa shape index (κ3) is 7.07. The Kier molecular flexibility index (Phi) is 8.73. The Labute approximate surface area is 215 Å². The van der Waals surface area contributed by atoms with Crippen molar-refractivity contribution in [3.05, 3.63) is 46.0 Å². The molecule has 4 amide bonds. The standard InChI is InChI=1S/C25H33ClN6O4/c1-5-27-24(36)31-10-8-17(9-11-31)29-21(33)14-32-15-28-19(13-22(32)34)18-7-6-16(26)12-20(18)30-23(35)25(2,3)4/h6-7,12-13,15,17H,5,8-11,14H2,1-4H3,(H,27,36)(H,29,33)(H,30,35). The molecule has 0 radical (unpaired) electrons. The summed E-state index contributed by atoms with van der Waals surface area (Å²) < 4.78 is 1.23. The van der Waals surface area contributed by atoms with Crippen molar-refractivity contribution >= 4 is 35.1 Å². The Morgan fingerprint density at radius 2 is 1.83 bits per heavy atom. The number of nitrogens with zero attached hydrogens (tertiary/aromatic N) is 3. The predicted molar refractivity (Wildman–Crippen MR) is 139 cm³/mol. The van der Waals surface area contributed by atoms with Gasteiger partial charge in [0.25, 0.3) is 5.56 Å². The molecule has 0 spiro atoms. The van der Waals surface area contributed by atoms with E-state index in [0.29, 0.717) is 54.4 Å². The zero-order chi connectivity index (χ0) is 26.5. The normalized spacial score (nSPS) is 14.3. The van der Waals surface area contributed by atoms with Gasteiger partial charge in [-0.15, -0.1) is 0 Å². The lowest BCUT2D eigenvalue weighted by atomic mass is 9.95. The summed E-state index contributed by atoms with van der Waals surface area (Å²) in [5.74, 6) is -0.499. The van der Waals surface area contributed by atoms with Crippen molar-refractivity contribution in [2.24, 2.45) is 5.41 Å². The summed E-state index contributed by atoms with van der Waals surface area (Å²) >= 11 is 6.13. The van der Waals surface area contributed by atoms with Gasteiger partial charge in [0.15, 0.2) is 0 Å². The van der Waals surface area contributed by atoms with Gasteiger partial charge in [-0.05, 0) is 38.0 Å². The van der Waals surface area contributed by atoms with Gasteiger partial charge in [0.2, 0.25) is 11.8 Å². The molecular formula is C25H33ClN6O4. The molecule has 0 atom stereocenters. The van der Waals surface area contributed by atoms with E-state index in [1.165, 1.54) is 17.0 Å². The Morgan fingerprint density at radius 1 is 1.14 bits per heavy atom. The van der Waals surface area contributed by atoms with Gasteiger partial charge in [-0.25, -0.2) is 9.78 Å². The van der Waals surface area contributed by atoms with Crippen LogP contribution in [0.2, 0.25) is 5.02 Å². The van der Waals surface area contributed by atoms with Crippen LogP contribution in [-0.4, -0.2) is 58.0 Å². The highest BCUT2D eigenvalue weighted by Gasteiger charge is 2.24. The molecular weight excluding hydrogens is 484 g/mol. The molecule has 1 aromatic heterocycles. The summed E-state index contributed by atoms with van der Waals surface area (Å²) in [5, 5.41) is 9.00. The number of benzene rings is 1. The molecule has 2 aromatic rings. The number of anilines is 1. The minimum atomic E-state index is -0.623. The van der Waals surface area contributed by atoms with E-state index >= 15 is 0 Å². The lowest BCUT2D eigenvalue weighted by Gasteiger charge is -2.32. The van der Waals surface area contributed by atoms with Gasteiger partial charge in [0.05, 0.1) is 17.7 Å². The Morgan fingerprint density at radius 3 is 2.44 bits per heavy atom. The highest BCUT2D eigenvalue weighted by molar-refractivity contribution is 6.31. The zero-order valence-electron chi connectivity index (χ0n) is 21.1. The van der Waals surface area contributed by atoms with Crippen LogP contribution in [0.4, 0.5) is 10.5 Å². The number of likely N-dealkylation sites (tertiary alicyclic amines) is 1. The fourth-order valence-corrected chi connectivity index (χ4v) is 3.94. The van der Waals surface area contributed by atoms with E-state index in [4.69, 9.17) is 11.6 Å². The maximum Gasteiger partial charge on any atom is 0.317 e. The van der Waals surface area contributed by atoms with Crippen molar-refractivity contribution in [3.63, 3.8) is 0 Å². The van der Waals surface area contributed by atoms with Crippen molar-refractivity contribution in [1.29, 1.82) is 0 Å². The van der Waals surface area contributed by atoms with Gasteiger partial charge < -0.3 is 20.9 Å². The minimum absolute atomic E-state index is 0.0610. The van der Waals surface area contributed by atoms with Gasteiger partial charge in [-0.3, -0.25) is 19.0 Å². The first-order valence-corrected chi connectivity index (χ1v) is 12.4. The van der Waals surface area contributed by atoms with Crippen LogP contribution in [-0.2, 0) is 16.1 Å². The minimum Gasteiger partial charge on any atom is -0.352 e. The maximum absolute atomic E-state index is 12.8. The van der Waals surface area contributed by atoms with Gasteiger partial charge in [0.1, 0.15) is 6.54 Å². The average Bonchev–Trinajstić information content (AvgIpc) is 2.80. The van der Waals surface area contributed by atoms with E-state index in [0.717, 1.165) is 0 Å². The molecule has 10 nitrogen and oxygen atoms in total. The average molecular weight is 517 g/mol. The molecule has 1 aromatic carbocycles. The fourth-order valence-electron chi connectivity index (χ4n) is 3.76. The molecule has 3 rings (SSSR count).